The molecule has 0 spiro atoms. The quantitative estimate of drug-likeness (QED) is 0.230. The molecule has 0 unspecified atom stereocenters. The molecule has 0 saturated carbocycles. The van der Waals surface area contributed by atoms with E-state index in [2.05, 4.69) is 4.98 Å². The Kier molecular flexibility index (Phi) is 3.70. The minimum absolute atomic E-state index is 0.00436. The minimum atomic E-state index is -2.85. The van der Waals surface area contributed by atoms with Crippen molar-refractivity contribution in [2.24, 2.45) is 0 Å². The maximum absolute atomic E-state index is 13.2. The molecule has 158 valence electrons. The van der Waals surface area contributed by atoms with E-state index in [1.165, 1.54) is 30.3 Å². The highest BCUT2D eigenvalue weighted by Crippen LogP contribution is 2.44. The number of cyclic esters (lactones) is 1. The number of hydrogen-bond donors (Lipinski definition) is 3. The molecule has 2 aliphatic rings. The second kappa shape index (κ2) is 5.94. The van der Waals surface area contributed by atoms with E-state index >= 15 is 0 Å². The normalized spacial score (nSPS) is 20.7. The predicted octanol–water partition coefficient (Wildman–Crippen LogP) is 0.583. The first-order valence-electron chi connectivity index (χ1n) is 9.34. The summed E-state index contributed by atoms with van der Waals surface area (Å²) in [6, 6.07) is 6.71. The predicted molar refractivity (Wildman–Crippen MR) is 104 cm³/mol. The van der Waals surface area contributed by atoms with Gasteiger partial charge in [0.1, 0.15) is 6.61 Å². The van der Waals surface area contributed by atoms with Gasteiger partial charge in [-0.3, -0.25) is 14.9 Å². The van der Waals surface area contributed by atoms with Gasteiger partial charge in [-0.2, -0.15) is 0 Å². The zero-order valence-corrected chi connectivity index (χ0v) is 16.0. The summed E-state index contributed by atoms with van der Waals surface area (Å²) in [4.78, 5) is 40.5. The Balaban J connectivity index is 1.88. The number of hydrogen-bond acceptors (Lipinski definition) is 9. The lowest BCUT2D eigenvalue weighted by Crippen LogP contribution is -2.47. The van der Waals surface area contributed by atoms with Crippen LogP contribution in [0.3, 0.4) is 0 Å². The molecular formula is C20H15N3O8. The summed E-state index contributed by atoms with van der Waals surface area (Å²) in [5, 5.41) is 44.0. The van der Waals surface area contributed by atoms with Crippen molar-refractivity contribution >= 4 is 22.6 Å². The number of fused-ring (bicyclic) bond motifs is 5. The lowest BCUT2D eigenvalue weighted by molar-refractivity contribution is -0.383. The first-order valence-corrected chi connectivity index (χ1v) is 9.34. The number of benzene rings is 1. The maximum Gasteiger partial charge on any atom is 0.343 e. The molecule has 0 fully saturated rings. The molecule has 0 aliphatic carbocycles. The third-order valence-electron chi connectivity index (χ3n) is 5.90. The van der Waals surface area contributed by atoms with Crippen molar-refractivity contribution in [3.63, 3.8) is 0 Å². The number of carbonyl (C=O) groups is 1. The molecule has 4 heterocycles. The Labute approximate surface area is 172 Å². The number of carbonyl (C=O) groups excluding carboxylic acids is 1. The van der Waals surface area contributed by atoms with Crippen LogP contribution in [0, 0.1) is 10.1 Å². The summed E-state index contributed by atoms with van der Waals surface area (Å²) in [6.07, 6.45) is -0.0741. The Morgan fingerprint density at radius 3 is 2.65 bits per heavy atom. The smallest absolute Gasteiger partial charge is 0.343 e. The molecule has 31 heavy (non-hydrogen) atoms. The van der Waals surface area contributed by atoms with E-state index in [0.717, 1.165) is 0 Å². The van der Waals surface area contributed by atoms with Crippen molar-refractivity contribution in [3.05, 3.63) is 67.5 Å². The van der Waals surface area contributed by atoms with Crippen molar-refractivity contribution in [2.45, 2.75) is 31.5 Å². The van der Waals surface area contributed by atoms with Gasteiger partial charge in [-0.1, -0.05) is 13.0 Å². The second-order valence-corrected chi connectivity index (χ2v) is 7.47. The number of aromatic nitrogens is 2. The van der Waals surface area contributed by atoms with Gasteiger partial charge < -0.3 is 20.1 Å². The molecule has 3 N–H and O–H groups in total. The third-order valence-corrected chi connectivity index (χ3v) is 5.90. The summed E-state index contributed by atoms with van der Waals surface area (Å²) in [5.74, 6) is -3.76. The number of rotatable bonds is 2. The van der Waals surface area contributed by atoms with Gasteiger partial charge in [-0.05, 0) is 24.6 Å². The van der Waals surface area contributed by atoms with E-state index in [-0.39, 0.29) is 51.1 Å². The Morgan fingerprint density at radius 2 is 1.97 bits per heavy atom. The summed E-state index contributed by atoms with van der Waals surface area (Å²) < 4.78 is 5.62. The number of esters is 1. The van der Waals surface area contributed by atoms with Crippen LogP contribution in [0.4, 0.5) is 5.69 Å². The maximum atomic E-state index is 13.2. The summed E-state index contributed by atoms with van der Waals surface area (Å²) in [7, 11) is 0. The standard InChI is InChI=1S/C20H15N3O8/c1-2-19(26)11-7-15-16-12(6-9-13(21-16)4-3-5-14(9)23(29)30)20(27,28)22(15)17(24)10(11)8-31-18(19)25/h3-7,26-28H,2,8H2,1H3/t19-/m0/s1. The molecule has 0 radical (unpaired) electrons. The van der Waals surface area contributed by atoms with Crippen LogP contribution in [0.15, 0.2) is 35.1 Å². The fourth-order valence-corrected chi connectivity index (χ4v) is 4.25. The van der Waals surface area contributed by atoms with E-state index in [1.54, 1.807) is 6.92 Å². The molecule has 1 atom stereocenters. The molecule has 1 aromatic carbocycles. The first-order chi connectivity index (χ1) is 14.6. The monoisotopic (exact) mass is 425 g/mol. The molecular weight excluding hydrogens is 410 g/mol. The topological polar surface area (TPSA) is 165 Å². The fourth-order valence-electron chi connectivity index (χ4n) is 4.25. The van der Waals surface area contributed by atoms with Gasteiger partial charge >= 0.3 is 5.97 Å². The van der Waals surface area contributed by atoms with Crippen LogP contribution in [0.2, 0.25) is 0 Å². The van der Waals surface area contributed by atoms with Gasteiger partial charge in [0.2, 0.25) is 0 Å². The van der Waals surface area contributed by atoms with Crippen LogP contribution in [0.5, 0.6) is 0 Å². The molecule has 3 aromatic rings. The summed E-state index contributed by atoms with van der Waals surface area (Å²) in [6.45, 7) is 1.10. The van der Waals surface area contributed by atoms with Crippen molar-refractivity contribution in [1.29, 1.82) is 0 Å². The highest BCUT2D eigenvalue weighted by molar-refractivity contribution is 5.92. The zero-order valence-electron chi connectivity index (χ0n) is 16.0. The van der Waals surface area contributed by atoms with E-state index < -0.39 is 34.6 Å². The van der Waals surface area contributed by atoms with Gasteiger partial charge in [0, 0.05) is 11.6 Å². The molecule has 5 rings (SSSR count). The molecule has 2 aromatic heterocycles. The number of aliphatic hydroxyl groups is 3. The van der Waals surface area contributed by atoms with Gasteiger partial charge in [-0.15, -0.1) is 0 Å². The molecule has 11 nitrogen and oxygen atoms in total. The van der Waals surface area contributed by atoms with Crippen molar-refractivity contribution in [1.82, 2.24) is 9.55 Å². The van der Waals surface area contributed by atoms with E-state index in [0.29, 0.717) is 4.57 Å². The van der Waals surface area contributed by atoms with E-state index in [9.17, 15) is 35.0 Å². The highest BCUT2D eigenvalue weighted by Gasteiger charge is 2.49. The lowest BCUT2D eigenvalue weighted by Gasteiger charge is -2.32. The van der Waals surface area contributed by atoms with E-state index in [4.69, 9.17) is 4.74 Å². The largest absolute Gasteiger partial charge is 0.458 e. The lowest BCUT2D eigenvalue weighted by atomic mass is 9.86. The van der Waals surface area contributed by atoms with Gasteiger partial charge in [-0.25, -0.2) is 14.3 Å². The Hall–Kier alpha value is -3.67. The number of nitrogens with zero attached hydrogens (tertiary/aromatic N) is 3. The van der Waals surface area contributed by atoms with Crippen LogP contribution in [0.1, 0.15) is 30.0 Å². The van der Waals surface area contributed by atoms with Crippen LogP contribution in [-0.2, 0) is 27.7 Å². The van der Waals surface area contributed by atoms with E-state index in [1.807, 2.05) is 0 Å². The van der Waals surface area contributed by atoms with Crippen LogP contribution < -0.4 is 5.56 Å². The minimum Gasteiger partial charge on any atom is -0.458 e. The molecule has 0 bridgehead atoms. The van der Waals surface area contributed by atoms with Crippen LogP contribution in [-0.4, -0.2) is 35.8 Å². The summed E-state index contributed by atoms with van der Waals surface area (Å²) >= 11 is 0. The average molecular weight is 425 g/mol. The molecule has 2 aliphatic heterocycles. The van der Waals surface area contributed by atoms with Gasteiger partial charge in [0.05, 0.1) is 38.3 Å². The second-order valence-electron chi connectivity index (χ2n) is 7.47. The third kappa shape index (κ3) is 2.30. The number of nitro benzene ring substituents is 1. The molecule has 0 amide bonds. The summed E-state index contributed by atoms with van der Waals surface area (Å²) in [5.41, 5.74) is -3.41. The first kappa shape index (κ1) is 19.3. The van der Waals surface area contributed by atoms with Crippen LogP contribution >= 0.6 is 0 Å². The SMILES string of the molecule is CC[C@@]1(O)C(=O)OCc2c1cc1n(c2=O)C(O)(O)c2cc3c([N+](=O)[O-])cccc3nc2-1. The number of nitro groups is 1. The fraction of sp³-hybridized carbons (Fsp3) is 0.250. The zero-order chi connectivity index (χ0) is 22.3. The average Bonchev–Trinajstić information content (AvgIpc) is 2.95. The van der Waals surface area contributed by atoms with Crippen molar-refractivity contribution in [3.8, 4) is 11.4 Å². The number of pyridine rings is 2. The number of ether oxygens (including phenoxy) is 1. The Bertz CT molecular complexity index is 1390. The number of non-ortho nitro benzene ring substituents is 1. The van der Waals surface area contributed by atoms with Crippen molar-refractivity contribution in [2.75, 3.05) is 0 Å². The molecule has 11 heteroatoms. The molecule has 0 saturated heterocycles. The van der Waals surface area contributed by atoms with Gasteiger partial charge in [0.25, 0.3) is 17.2 Å². The van der Waals surface area contributed by atoms with Crippen LogP contribution in [0.25, 0.3) is 22.3 Å². The van der Waals surface area contributed by atoms with Crippen molar-refractivity contribution < 1.29 is 29.8 Å². The highest BCUT2D eigenvalue weighted by atomic mass is 16.6. The van der Waals surface area contributed by atoms with Gasteiger partial charge in [0.15, 0.2) is 5.60 Å². The Morgan fingerprint density at radius 1 is 1.23 bits per heavy atom.